The van der Waals surface area contributed by atoms with Crippen LogP contribution >= 0.6 is 27.5 Å². The summed E-state index contributed by atoms with van der Waals surface area (Å²) in [6, 6.07) is 3.28. The molecular weight excluding hydrogens is 359 g/mol. The molecule has 0 radical (unpaired) electrons. The summed E-state index contributed by atoms with van der Waals surface area (Å²) < 4.78 is 21.7. The highest BCUT2D eigenvalue weighted by atomic mass is 79.9. The Labute approximate surface area is 136 Å². The summed E-state index contributed by atoms with van der Waals surface area (Å²) in [6.45, 7) is 2.57. The van der Waals surface area contributed by atoms with Gasteiger partial charge in [-0.3, -0.25) is 0 Å². The maximum Gasteiger partial charge on any atom is 0.139 e. The molecule has 2 heterocycles. The van der Waals surface area contributed by atoms with E-state index >= 15 is 0 Å². The van der Waals surface area contributed by atoms with Crippen LogP contribution in [-0.4, -0.2) is 28.6 Å². The second kappa shape index (κ2) is 6.63. The minimum atomic E-state index is -0.284. The first-order valence-corrected chi connectivity index (χ1v) is 8.49. The van der Waals surface area contributed by atoms with Gasteiger partial charge in [0.25, 0.3) is 0 Å². The zero-order valence-corrected chi connectivity index (χ0v) is 14.0. The Morgan fingerprint density at radius 1 is 1.48 bits per heavy atom. The minimum absolute atomic E-state index is 0.284. The standard InChI is InChI=1S/C15H17BrClFN2O/c16-11-7-14-13(8-12(11)18)19-15(1-4-17)20(14)5-2-10-3-6-21-9-10/h7-8,10H,1-6,9H2. The molecule has 6 heteroatoms. The number of alkyl halides is 1. The van der Waals surface area contributed by atoms with Crippen LogP contribution in [0.25, 0.3) is 11.0 Å². The van der Waals surface area contributed by atoms with Gasteiger partial charge in [0.05, 0.1) is 15.5 Å². The van der Waals surface area contributed by atoms with Gasteiger partial charge in [-0.05, 0) is 40.8 Å². The summed E-state index contributed by atoms with van der Waals surface area (Å²) in [6.07, 6.45) is 2.86. The molecule has 1 aromatic heterocycles. The van der Waals surface area contributed by atoms with Gasteiger partial charge in [0.2, 0.25) is 0 Å². The molecule has 3 nitrogen and oxygen atoms in total. The highest BCUT2D eigenvalue weighted by Crippen LogP contribution is 2.26. The van der Waals surface area contributed by atoms with E-state index in [2.05, 4.69) is 25.5 Å². The lowest BCUT2D eigenvalue weighted by Gasteiger charge is -2.12. The van der Waals surface area contributed by atoms with Gasteiger partial charge >= 0.3 is 0 Å². The topological polar surface area (TPSA) is 27.1 Å². The van der Waals surface area contributed by atoms with Gasteiger partial charge in [-0.25, -0.2) is 9.37 Å². The third-order valence-corrected chi connectivity index (χ3v) is 4.77. The van der Waals surface area contributed by atoms with Crippen LogP contribution in [-0.2, 0) is 17.7 Å². The van der Waals surface area contributed by atoms with Gasteiger partial charge in [-0.2, -0.15) is 0 Å². The van der Waals surface area contributed by atoms with Gasteiger partial charge < -0.3 is 9.30 Å². The predicted molar refractivity (Wildman–Crippen MR) is 85.4 cm³/mol. The number of hydrogen-bond donors (Lipinski definition) is 0. The van der Waals surface area contributed by atoms with E-state index in [4.69, 9.17) is 16.3 Å². The number of rotatable bonds is 5. The van der Waals surface area contributed by atoms with E-state index in [0.29, 0.717) is 28.2 Å². The number of aryl methyl sites for hydroxylation is 2. The maximum atomic E-state index is 13.7. The predicted octanol–water partition coefficient (Wildman–Crippen LogP) is 4.15. The van der Waals surface area contributed by atoms with Crippen molar-refractivity contribution in [2.45, 2.75) is 25.8 Å². The first-order chi connectivity index (χ1) is 10.2. The molecule has 1 unspecified atom stereocenters. The number of imidazole rings is 1. The van der Waals surface area contributed by atoms with Crippen molar-refractivity contribution >= 4 is 38.6 Å². The Balaban J connectivity index is 1.92. The molecule has 1 aromatic carbocycles. The molecule has 0 saturated carbocycles. The number of fused-ring (bicyclic) bond motifs is 1. The summed E-state index contributed by atoms with van der Waals surface area (Å²) in [5.41, 5.74) is 1.65. The van der Waals surface area contributed by atoms with E-state index in [9.17, 15) is 4.39 Å². The van der Waals surface area contributed by atoms with Crippen molar-refractivity contribution in [3.8, 4) is 0 Å². The largest absolute Gasteiger partial charge is 0.381 e. The molecule has 0 aliphatic carbocycles. The molecule has 0 spiro atoms. The molecule has 1 aliphatic heterocycles. The van der Waals surface area contributed by atoms with E-state index in [1.54, 1.807) is 6.07 Å². The van der Waals surface area contributed by atoms with Crippen LogP contribution in [0.5, 0.6) is 0 Å². The van der Waals surface area contributed by atoms with Crippen LogP contribution in [0.3, 0.4) is 0 Å². The fraction of sp³-hybridized carbons (Fsp3) is 0.533. The van der Waals surface area contributed by atoms with Crippen LogP contribution in [0.1, 0.15) is 18.7 Å². The molecule has 0 bridgehead atoms. The zero-order chi connectivity index (χ0) is 14.8. The van der Waals surface area contributed by atoms with Gasteiger partial charge in [-0.15, -0.1) is 11.6 Å². The number of aromatic nitrogens is 2. The average Bonchev–Trinajstić information content (AvgIpc) is 3.06. The third kappa shape index (κ3) is 3.25. The van der Waals surface area contributed by atoms with Crippen LogP contribution < -0.4 is 0 Å². The van der Waals surface area contributed by atoms with Crippen molar-refractivity contribution in [2.24, 2.45) is 5.92 Å². The lowest BCUT2D eigenvalue weighted by Crippen LogP contribution is -2.09. The quantitative estimate of drug-likeness (QED) is 0.734. The third-order valence-electron chi connectivity index (χ3n) is 3.97. The van der Waals surface area contributed by atoms with Gasteiger partial charge in [-0.1, -0.05) is 0 Å². The maximum absolute atomic E-state index is 13.7. The Morgan fingerprint density at radius 3 is 3.05 bits per heavy atom. The summed E-state index contributed by atoms with van der Waals surface area (Å²) in [5.74, 6) is 1.76. The molecule has 2 aromatic rings. The van der Waals surface area contributed by atoms with Crippen molar-refractivity contribution < 1.29 is 9.13 Å². The van der Waals surface area contributed by atoms with E-state index in [0.717, 1.165) is 43.9 Å². The van der Waals surface area contributed by atoms with Crippen LogP contribution in [0, 0.1) is 11.7 Å². The van der Waals surface area contributed by atoms with E-state index in [1.807, 2.05) is 0 Å². The number of halogens is 3. The van der Waals surface area contributed by atoms with Gasteiger partial charge in [0.15, 0.2) is 0 Å². The van der Waals surface area contributed by atoms with Crippen molar-refractivity contribution in [2.75, 3.05) is 19.1 Å². The molecule has 1 saturated heterocycles. The fourth-order valence-corrected chi connectivity index (χ4v) is 3.32. The normalized spacial score (nSPS) is 18.7. The van der Waals surface area contributed by atoms with Crippen molar-refractivity contribution in [3.63, 3.8) is 0 Å². The van der Waals surface area contributed by atoms with E-state index in [1.165, 1.54) is 6.07 Å². The van der Waals surface area contributed by atoms with Crippen LogP contribution in [0.4, 0.5) is 4.39 Å². The molecule has 3 rings (SSSR count). The zero-order valence-electron chi connectivity index (χ0n) is 11.6. The molecule has 0 N–H and O–H groups in total. The molecule has 114 valence electrons. The van der Waals surface area contributed by atoms with Crippen LogP contribution in [0.2, 0.25) is 0 Å². The molecule has 21 heavy (non-hydrogen) atoms. The number of ether oxygens (including phenoxy) is 1. The van der Waals surface area contributed by atoms with Crippen molar-refractivity contribution in [3.05, 3.63) is 28.2 Å². The smallest absolute Gasteiger partial charge is 0.139 e. The monoisotopic (exact) mass is 374 g/mol. The van der Waals surface area contributed by atoms with Gasteiger partial charge in [0.1, 0.15) is 11.6 Å². The minimum Gasteiger partial charge on any atom is -0.381 e. The highest BCUT2D eigenvalue weighted by molar-refractivity contribution is 9.10. The highest BCUT2D eigenvalue weighted by Gasteiger charge is 2.18. The van der Waals surface area contributed by atoms with Gasteiger partial charge in [0, 0.05) is 38.1 Å². The fourth-order valence-electron chi connectivity index (χ4n) is 2.82. The van der Waals surface area contributed by atoms with Crippen LogP contribution in [0.15, 0.2) is 16.6 Å². The SMILES string of the molecule is Fc1cc2nc(CCCl)n(CCC3CCOC3)c2cc1Br. The Morgan fingerprint density at radius 2 is 2.33 bits per heavy atom. The molecule has 1 fully saturated rings. The lowest BCUT2D eigenvalue weighted by molar-refractivity contribution is 0.183. The second-order valence-electron chi connectivity index (χ2n) is 5.39. The van der Waals surface area contributed by atoms with E-state index in [-0.39, 0.29) is 5.82 Å². The Kier molecular flexibility index (Phi) is 4.82. The average molecular weight is 376 g/mol. The molecule has 0 amide bonds. The Bertz CT molecular complexity index is 640. The summed E-state index contributed by atoms with van der Waals surface area (Å²) in [7, 11) is 0. The molecule has 1 atom stereocenters. The second-order valence-corrected chi connectivity index (χ2v) is 6.62. The number of nitrogens with zero attached hydrogens (tertiary/aromatic N) is 2. The lowest BCUT2D eigenvalue weighted by atomic mass is 10.1. The first-order valence-electron chi connectivity index (χ1n) is 7.17. The number of hydrogen-bond acceptors (Lipinski definition) is 2. The summed E-state index contributed by atoms with van der Waals surface area (Å²) in [4.78, 5) is 4.54. The van der Waals surface area contributed by atoms with E-state index < -0.39 is 0 Å². The Hall–Kier alpha value is -0.650. The molecule has 1 aliphatic rings. The van der Waals surface area contributed by atoms with Crippen molar-refractivity contribution in [1.82, 2.24) is 9.55 Å². The summed E-state index contributed by atoms with van der Waals surface area (Å²) >= 11 is 9.12. The van der Waals surface area contributed by atoms with Crippen molar-refractivity contribution in [1.29, 1.82) is 0 Å². The number of benzene rings is 1. The first kappa shape index (κ1) is 15.3. The summed E-state index contributed by atoms with van der Waals surface area (Å²) in [5, 5.41) is 0. The molecular formula is C15H17BrClFN2O.